The lowest BCUT2D eigenvalue weighted by molar-refractivity contribution is -0.128. The average Bonchev–Trinajstić information content (AvgIpc) is 3.37. The molecule has 0 bridgehead atoms. The zero-order valence-electron chi connectivity index (χ0n) is 18.9. The quantitative estimate of drug-likeness (QED) is 0.478. The molecule has 4 aromatic rings. The fourth-order valence-corrected chi connectivity index (χ4v) is 5.36. The molecule has 34 heavy (non-hydrogen) atoms. The zero-order chi connectivity index (χ0) is 23.8. The summed E-state index contributed by atoms with van der Waals surface area (Å²) < 4.78 is 1.14. The van der Waals surface area contributed by atoms with Crippen LogP contribution in [0.3, 0.4) is 0 Å². The minimum atomic E-state index is -0.529. The smallest absolute Gasteiger partial charge is 0.281 e. The summed E-state index contributed by atoms with van der Waals surface area (Å²) in [5, 5.41) is 0.486. The topological polar surface area (TPSA) is 84.3 Å². The standard InChI is InChI=1S/C26H24N4O3S/c1-16-8-10-18(11-9-16)13-29-14-20(12-21(29)31)24(32)28-30-15-27-25-23(26(30)33)22(17(2)34-25)19-6-4-3-5-7-19/h3-11,15,20H,12-14H2,1-2H3,(H,28,32). The van der Waals surface area contributed by atoms with Gasteiger partial charge >= 0.3 is 0 Å². The zero-order valence-corrected chi connectivity index (χ0v) is 19.8. The van der Waals surface area contributed by atoms with Gasteiger partial charge in [-0.1, -0.05) is 60.2 Å². The second-order valence-corrected chi connectivity index (χ2v) is 9.84. The number of amides is 2. The van der Waals surface area contributed by atoms with Crippen LogP contribution in [0.4, 0.5) is 0 Å². The second kappa shape index (κ2) is 8.87. The van der Waals surface area contributed by atoms with Gasteiger partial charge in [-0.05, 0) is 25.0 Å². The summed E-state index contributed by atoms with van der Waals surface area (Å²) in [5.74, 6) is -0.962. The van der Waals surface area contributed by atoms with Crippen molar-refractivity contribution >= 4 is 33.4 Å². The van der Waals surface area contributed by atoms with Crippen molar-refractivity contribution in [2.45, 2.75) is 26.8 Å². The van der Waals surface area contributed by atoms with E-state index in [1.165, 1.54) is 17.7 Å². The summed E-state index contributed by atoms with van der Waals surface area (Å²) in [4.78, 5) is 46.5. The molecule has 1 fully saturated rings. The number of hydrogen-bond donors (Lipinski definition) is 1. The highest BCUT2D eigenvalue weighted by molar-refractivity contribution is 7.19. The average molecular weight is 473 g/mol. The number of nitrogens with one attached hydrogen (secondary N) is 1. The third-order valence-corrected chi connectivity index (χ3v) is 7.17. The first-order valence-corrected chi connectivity index (χ1v) is 11.9. The molecule has 2 amide bonds. The van der Waals surface area contributed by atoms with Gasteiger partial charge in [0.05, 0.1) is 11.3 Å². The predicted molar refractivity (Wildman–Crippen MR) is 133 cm³/mol. The summed E-state index contributed by atoms with van der Waals surface area (Å²) in [5.41, 5.74) is 6.28. The van der Waals surface area contributed by atoms with Gasteiger partial charge in [-0.2, -0.15) is 0 Å². The van der Waals surface area contributed by atoms with Crippen molar-refractivity contribution < 1.29 is 9.59 Å². The van der Waals surface area contributed by atoms with Gasteiger partial charge in [-0.15, -0.1) is 11.3 Å². The lowest BCUT2D eigenvalue weighted by atomic mass is 10.0. The summed E-state index contributed by atoms with van der Waals surface area (Å²) in [6.07, 6.45) is 1.46. The normalized spacial score (nSPS) is 15.8. The number of fused-ring (bicyclic) bond motifs is 1. The molecule has 1 aliphatic rings. The molecule has 1 N–H and O–H groups in total. The van der Waals surface area contributed by atoms with Crippen LogP contribution >= 0.6 is 11.3 Å². The minimum Gasteiger partial charge on any atom is -0.338 e. The number of thiophene rings is 1. The van der Waals surface area contributed by atoms with E-state index < -0.39 is 5.92 Å². The maximum Gasteiger partial charge on any atom is 0.281 e. The molecule has 0 saturated carbocycles. The van der Waals surface area contributed by atoms with Crippen LogP contribution < -0.4 is 11.0 Å². The van der Waals surface area contributed by atoms with E-state index in [-0.39, 0.29) is 23.8 Å². The number of likely N-dealkylation sites (tertiary alicyclic amines) is 1. The molecule has 172 valence electrons. The Morgan fingerprint density at radius 1 is 1.09 bits per heavy atom. The Kier molecular flexibility index (Phi) is 5.75. The van der Waals surface area contributed by atoms with Crippen LogP contribution in [-0.2, 0) is 16.1 Å². The number of aryl methyl sites for hydroxylation is 2. The molecule has 2 aromatic carbocycles. The van der Waals surface area contributed by atoms with Gasteiger partial charge in [0.2, 0.25) is 11.8 Å². The van der Waals surface area contributed by atoms with E-state index in [9.17, 15) is 14.4 Å². The Morgan fingerprint density at radius 2 is 1.82 bits per heavy atom. The van der Waals surface area contributed by atoms with Crippen molar-refractivity contribution in [1.29, 1.82) is 0 Å². The lowest BCUT2D eigenvalue weighted by Crippen LogP contribution is -2.37. The van der Waals surface area contributed by atoms with Gasteiger partial charge < -0.3 is 4.90 Å². The van der Waals surface area contributed by atoms with Gasteiger partial charge in [0.25, 0.3) is 5.56 Å². The molecule has 1 aliphatic heterocycles. The number of nitrogens with zero attached hydrogens (tertiary/aromatic N) is 3. The van der Waals surface area contributed by atoms with E-state index in [0.29, 0.717) is 23.3 Å². The molecule has 3 heterocycles. The van der Waals surface area contributed by atoms with Crippen LogP contribution in [0, 0.1) is 19.8 Å². The Morgan fingerprint density at radius 3 is 2.56 bits per heavy atom. The SMILES string of the molecule is Cc1ccc(CN2CC(C(=O)Nn3cnc4sc(C)c(-c5ccccc5)c4c3=O)CC2=O)cc1. The monoisotopic (exact) mass is 472 g/mol. The molecule has 1 saturated heterocycles. The van der Waals surface area contributed by atoms with Crippen molar-refractivity contribution in [2.75, 3.05) is 12.0 Å². The van der Waals surface area contributed by atoms with Gasteiger partial charge in [0.1, 0.15) is 11.2 Å². The summed E-state index contributed by atoms with van der Waals surface area (Å²) >= 11 is 1.45. The highest BCUT2D eigenvalue weighted by Gasteiger charge is 2.34. The summed E-state index contributed by atoms with van der Waals surface area (Å²) in [7, 11) is 0. The molecule has 5 rings (SSSR count). The largest absolute Gasteiger partial charge is 0.338 e. The summed E-state index contributed by atoms with van der Waals surface area (Å²) in [6.45, 7) is 4.75. The number of benzene rings is 2. The molecule has 7 nitrogen and oxygen atoms in total. The molecule has 0 radical (unpaired) electrons. The highest BCUT2D eigenvalue weighted by atomic mass is 32.1. The predicted octanol–water partition coefficient (Wildman–Crippen LogP) is 3.86. The third kappa shape index (κ3) is 4.12. The third-order valence-electron chi connectivity index (χ3n) is 6.16. The van der Waals surface area contributed by atoms with Crippen molar-refractivity contribution in [3.05, 3.63) is 87.3 Å². The first kappa shape index (κ1) is 22.0. The molecule has 0 spiro atoms. The Labute approximate surface area is 200 Å². The number of aromatic nitrogens is 2. The summed E-state index contributed by atoms with van der Waals surface area (Å²) in [6, 6.07) is 17.7. The van der Waals surface area contributed by atoms with Gasteiger partial charge in [0, 0.05) is 30.0 Å². The van der Waals surface area contributed by atoms with E-state index in [2.05, 4.69) is 10.4 Å². The number of carbonyl (C=O) groups is 2. The van der Waals surface area contributed by atoms with E-state index in [4.69, 9.17) is 0 Å². The van der Waals surface area contributed by atoms with Crippen LogP contribution in [0.2, 0.25) is 0 Å². The van der Waals surface area contributed by atoms with E-state index in [0.717, 1.165) is 31.8 Å². The fraction of sp³-hybridized carbons (Fsp3) is 0.231. The maximum absolute atomic E-state index is 13.3. The Balaban J connectivity index is 1.37. The molecule has 8 heteroatoms. The lowest BCUT2D eigenvalue weighted by Gasteiger charge is -2.17. The van der Waals surface area contributed by atoms with Crippen LogP contribution in [0.5, 0.6) is 0 Å². The maximum atomic E-state index is 13.3. The van der Waals surface area contributed by atoms with Crippen molar-refractivity contribution in [1.82, 2.24) is 14.6 Å². The van der Waals surface area contributed by atoms with Crippen molar-refractivity contribution in [3.63, 3.8) is 0 Å². The van der Waals surface area contributed by atoms with Gasteiger partial charge in [-0.3, -0.25) is 19.8 Å². The number of carbonyl (C=O) groups excluding carboxylic acids is 2. The number of rotatable bonds is 5. The first-order valence-electron chi connectivity index (χ1n) is 11.1. The molecule has 1 unspecified atom stereocenters. The van der Waals surface area contributed by atoms with E-state index in [1.54, 1.807) is 4.90 Å². The second-order valence-electron chi connectivity index (χ2n) is 8.64. The van der Waals surface area contributed by atoms with E-state index in [1.807, 2.05) is 68.4 Å². The van der Waals surface area contributed by atoms with Crippen LogP contribution in [-0.4, -0.2) is 32.9 Å². The van der Waals surface area contributed by atoms with Crippen LogP contribution in [0.1, 0.15) is 22.4 Å². The molecule has 0 aliphatic carbocycles. The molecule has 1 atom stereocenters. The fourth-order valence-electron chi connectivity index (χ4n) is 4.36. The van der Waals surface area contributed by atoms with E-state index >= 15 is 0 Å². The van der Waals surface area contributed by atoms with Crippen LogP contribution in [0.15, 0.2) is 65.7 Å². The van der Waals surface area contributed by atoms with Crippen LogP contribution in [0.25, 0.3) is 21.3 Å². The Hall–Kier alpha value is -3.78. The number of hydrogen-bond acceptors (Lipinski definition) is 5. The van der Waals surface area contributed by atoms with Gasteiger partial charge in [0.15, 0.2) is 0 Å². The first-order chi connectivity index (χ1) is 16.4. The molecule has 2 aromatic heterocycles. The van der Waals surface area contributed by atoms with Gasteiger partial charge in [-0.25, -0.2) is 9.66 Å². The minimum absolute atomic E-state index is 0.0681. The highest BCUT2D eigenvalue weighted by Crippen LogP contribution is 2.35. The Bertz CT molecular complexity index is 1440. The molecular weight excluding hydrogens is 448 g/mol. The van der Waals surface area contributed by atoms with Crippen molar-refractivity contribution in [2.24, 2.45) is 5.92 Å². The van der Waals surface area contributed by atoms with Crippen molar-refractivity contribution in [3.8, 4) is 11.1 Å². The molecular formula is C26H24N4O3S.